The van der Waals surface area contributed by atoms with Crippen molar-refractivity contribution in [3.05, 3.63) is 28.7 Å². The number of benzene rings is 1. The first-order valence-corrected chi connectivity index (χ1v) is 8.45. The quantitative estimate of drug-likeness (QED) is 0.827. The Morgan fingerprint density at radius 3 is 2.82 bits per heavy atom. The van der Waals surface area contributed by atoms with Gasteiger partial charge in [0, 0.05) is 29.8 Å². The van der Waals surface area contributed by atoms with Gasteiger partial charge in [0.15, 0.2) is 0 Å². The van der Waals surface area contributed by atoms with Crippen LogP contribution in [-0.4, -0.2) is 42.9 Å². The highest BCUT2D eigenvalue weighted by atomic mass is 79.9. The van der Waals surface area contributed by atoms with Gasteiger partial charge < -0.3 is 15.5 Å². The van der Waals surface area contributed by atoms with Crippen molar-refractivity contribution in [1.82, 2.24) is 4.90 Å². The van der Waals surface area contributed by atoms with Crippen molar-refractivity contribution >= 4 is 33.4 Å². The molecule has 2 saturated heterocycles. The molecule has 5 nitrogen and oxygen atoms in total. The molecule has 2 aliphatic heterocycles. The van der Waals surface area contributed by atoms with E-state index in [-0.39, 0.29) is 11.8 Å². The normalized spacial score (nSPS) is 25.1. The van der Waals surface area contributed by atoms with Gasteiger partial charge in [0.05, 0.1) is 0 Å². The van der Waals surface area contributed by atoms with Crippen LogP contribution in [0.15, 0.2) is 28.7 Å². The highest BCUT2D eigenvalue weighted by molar-refractivity contribution is 9.10. The van der Waals surface area contributed by atoms with E-state index in [1.807, 2.05) is 29.2 Å². The molecule has 2 atom stereocenters. The highest BCUT2D eigenvalue weighted by Gasteiger charge is 2.41. The van der Waals surface area contributed by atoms with Gasteiger partial charge in [-0.2, -0.15) is 0 Å². The maximum atomic E-state index is 12.6. The minimum Gasteiger partial charge on any atom is -0.342 e. The summed E-state index contributed by atoms with van der Waals surface area (Å²) in [5, 5.41) is 0. The number of likely N-dealkylation sites (tertiary alicyclic amines) is 1. The van der Waals surface area contributed by atoms with E-state index in [0.29, 0.717) is 32.0 Å². The maximum Gasteiger partial charge on any atom is 0.239 e. The molecule has 1 aromatic rings. The van der Waals surface area contributed by atoms with E-state index in [9.17, 15) is 9.59 Å². The number of carbonyl (C=O) groups excluding carboxylic acids is 2. The van der Waals surface area contributed by atoms with Gasteiger partial charge in [-0.1, -0.05) is 22.0 Å². The first-order chi connectivity index (χ1) is 10.6. The van der Waals surface area contributed by atoms with Gasteiger partial charge in [-0.3, -0.25) is 9.59 Å². The zero-order valence-corrected chi connectivity index (χ0v) is 14.0. The number of hydrogen-bond acceptors (Lipinski definition) is 3. The molecule has 2 fully saturated rings. The Morgan fingerprint density at radius 1 is 1.32 bits per heavy atom. The first-order valence-electron chi connectivity index (χ1n) is 7.66. The molecule has 6 heteroatoms. The molecule has 0 aromatic heterocycles. The van der Waals surface area contributed by atoms with Crippen LogP contribution in [0, 0.1) is 11.8 Å². The Morgan fingerprint density at radius 2 is 2.14 bits per heavy atom. The largest absolute Gasteiger partial charge is 0.342 e. The summed E-state index contributed by atoms with van der Waals surface area (Å²) in [5.74, 6) is -0.269. The molecule has 2 heterocycles. The van der Waals surface area contributed by atoms with Crippen molar-refractivity contribution in [2.75, 3.05) is 31.1 Å². The van der Waals surface area contributed by atoms with E-state index in [4.69, 9.17) is 5.73 Å². The molecule has 22 heavy (non-hydrogen) atoms. The lowest BCUT2D eigenvalue weighted by molar-refractivity contribution is -0.139. The van der Waals surface area contributed by atoms with Crippen LogP contribution in [0.4, 0.5) is 5.69 Å². The van der Waals surface area contributed by atoms with Crippen LogP contribution >= 0.6 is 15.9 Å². The summed E-state index contributed by atoms with van der Waals surface area (Å²) < 4.78 is 0.929. The molecule has 3 rings (SSSR count). The lowest BCUT2D eigenvalue weighted by atomic mass is 10.1. The molecule has 2 N–H and O–H groups in total. The Kier molecular flexibility index (Phi) is 4.49. The molecule has 0 saturated carbocycles. The van der Waals surface area contributed by atoms with Crippen LogP contribution in [0.1, 0.15) is 12.8 Å². The van der Waals surface area contributed by atoms with Crippen LogP contribution in [0.2, 0.25) is 0 Å². The number of rotatable bonds is 3. The van der Waals surface area contributed by atoms with Gasteiger partial charge in [0.1, 0.15) is 5.92 Å². The molecule has 2 amide bonds. The van der Waals surface area contributed by atoms with Crippen molar-refractivity contribution in [1.29, 1.82) is 0 Å². The molecular formula is C16H20BrN3O2. The lowest BCUT2D eigenvalue weighted by Crippen LogP contribution is -2.39. The topological polar surface area (TPSA) is 66.6 Å². The fourth-order valence-corrected chi connectivity index (χ4v) is 3.64. The molecule has 0 radical (unpaired) electrons. The average molecular weight is 366 g/mol. The summed E-state index contributed by atoms with van der Waals surface area (Å²) in [6, 6.07) is 7.62. The number of halogens is 1. The summed E-state index contributed by atoms with van der Waals surface area (Å²) in [6.45, 7) is 2.61. The van der Waals surface area contributed by atoms with E-state index >= 15 is 0 Å². The zero-order valence-electron chi connectivity index (χ0n) is 12.4. The fraction of sp³-hybridized carbons (Fsp3) is 0.500. The third-order valence-corrected chi connectivity index (χ3v) is 5.05. The van der Waals surface area contributed by atoms with Gasteiger partial charge in [0.2, 0.25) is 11.8 Å². The summed E-state index contributed by atoms with van der Waals surface area (Å²) in [4.78, 5) is 28.7. The molecular weight excluding hydrogens is 346 g/mol. The van der Waals surface area contributed by atoms with E-state index < -0.39 is 5.92 Å². The van der Waals surface area contributed by atoms with Crippen LogP contribution in [-0.2, 0) is 9.59 Å². The second kappa shape index (κ2) is 6.38. The molecule has 1 aromatic carbocycles. The van der Waals surface area contributed by atoms with Crippen LogP contribution in [0.25, 0.3) is 0 Å². The van der Waals surface area contributed by atoms with Gasteiger partial charge in [0.25, 0.3) is 0 Å². The van der Waals surface area contributed by atoms with Crippen molar-refractivity contribution in [3.63, 3.8) is 0 Å². The number of carbonyl (C=O) groups is 2. The third-order valence-electron chi connectivity index (χ3n) is 4.55. The van der Waals surface area contributed by atoms with Crippen molar-refractivity contribution in [2.45, 2.75) is 12.8 Å². The van der Waals surface area contributed by atoms with Gasteiger partial charge in [-0.15, -0.1) is 0 Å². The average Bonchev–Trinajstić information content (AvgIpc) is 3.13. The smallest absolute Gasteiger partial charge is 0.239 e. The number of hydrogen-bond donors (Lipinski definition) is 1. The molecule has 0 spiro atoms. The van der Waals surface area contributed by atoms with E-state index in [0.717, 1.165) is 23.1 Å². The SMILES string of the molecule is NC[C@H]1CCN(C(=O)[C@H]2CCN(c3cccc(Br)c3)C2=O)C1. The standard InChI is InChI=1S/C16H20BrN3O2/c17-12-2-1-3-13(8-12)20-7-5-14(16(20)22)15(21)19-6-4-11(9-18)10-19/h1-3,8,11,14H,4-7,9-10,18H2/t11-,14-/m1/s1. The number of nitrogens with two attached hydrogens (primary N) is 1. The number of nitrogens with zero attached hydrogens (tertiary/aromatic N) is 2. The van der Waals surface area contributed by atoms with Crippen LogP contribution in [0.5, 0.6) is 0 Å². The molecule has 118 valence electrons. The third kappa shape index (κ3) is 2.90. The minimum atomic E-state index is -0.532. The fourth-order valence-electron chi connectivity index (χ4n) is 3.26. The Balaban J connectivity index is 1.70. The van der Waals surface area contributed by atoms with Crippen molar-refractivity contribution in [3.8, 4) is 0 Å². The number of amides is 2. The summed E-state index contributed by atoms with van der Waals surface area (Å²) >= 11 is 3.42. The zero-order chi connectivity index (χ0) is 15.7. The van der Waals surface area contributed by atoms with E-state index in [2.05, 4.69) is 15.9 Å². The number of anilines is 1. The monoisotopic (exact) mass is 365 g/mol. The molecule has 0 aliphatic carbocycles. The first kappa shape index (κ1) is 15.5. The summed E-state index contributed by atoms with van der Waals surface area (Å²) in [7, 11) is 0. The second-order valence-corrected chi connectivity index (χ2v) is 6.90. The van der Waals surface area contributed by atoms with E-state index in [1.165, 1.54) is 0 Å². The van der Waals surface area contributed by atoms with E-state index in [1.54, 1.807) is 4.90 Å². The van der Waals surface area contributed by atoms with Gasteiger partial charge in [-0.25, -0.2) is 0 Å². The van der Waals surface area contributed by atoms with Crippen LogP contribution in [0.3, 0.4) is 0 Å². The van der Waals surface area contributed by atoms with Crippen LogP contribution < -0.4 is 10.6 Å². The molecule has 2 aliphatic rings. The predicted molar refractivity (Wildman–Crippen MR) is 88.3 cm³/mol. The highest BCUT2D eigenvalue weighted by Crippen LogP contribution is 2.29. The Bertz CT molecular complexity index is 593. The van der Waals surface area contributed by atoms with Crippen molar-refractivity contribution < 1.29 is 9.59 Å². The van der Waals surface area contributed by atoms with Gasteiger partial charge >= 0.3 is 0 Å². The van der Waals surface area contributed by atoms with Gasteiger partial charge in [-0.05, 0) is 43.5 Å². The lowest BCUT2D eigenvalue weighted by Gasteiger charge is -2.21. The Labute approximate surface area is 138 Å². The predicted octanol–water partition coefficient (Wildman–Crippen LogP) is 1.61. The molecule has 0 unspecified atom stereocenters. The summed E-state index contributed by atoms with van der Waals surface area (Å²) in [5.41, 5.74) is 6.52. The van der Waals surface area contributed by atoms with Crippen molar-refractivity contribution in [2.24, 2.45) is 17.6 Å². The molecule has 0 bridgehead atoms. The second-order valence-electron chi connectivity index (χ2n) is 5.99. The maximum absolute atomic E-state index is 12.6. The summed E-state index contributed by atoms with van der Waals surface area (Å²) in [6.07, 6.45) is 1.53. The minimum absolute atomic E-state index is 0.0292. The Hall–Kier alpha value is -1.40.